The minimum Gasteiger partial charge on any atom is -0.212 e. The van der Waals surface area contributed by atoms with Crippen LogP contribution in [-0.4, -0.2) is 14.2 Å². The largest absolute Gasteiger partial charge is 0.212 e. The number of hydrogen-bond acceptors (Lipinski definition) is 2. The second-order valence-corrected chi connectivity index (χ2v) is 5.59. The van der Waals surface area contributed by atoms with Gasteiger partial charge < -0.3 is 0 Å². The molecular weight excluding hydrogens is 229 g/mol. The van der Waals surface area contributed by atoms with Crippen molar-refractivity contribution in [1.29, 1.82) is 0 Å². The molecule has 0 saturated heterocycles. The van der Waals surface area contributed by atoms with Crippen LogP contribution in [0, 0.1) is 5.82 Å². The third-order valence-corrected chi connectivity index (χ3v) is 3.84. The molecule has 0 bridgehead atoms. The Balaban J connectivity index is 2.76. The van der Waals surface area contributed by atoms with Crippen LogP contribution in [0.5, 0.6) is 0 Å². The maximum Gasteiger partial charge on any atom is 0.212 e. The van der Waals surface area contributed by atoms with E-state index < -0.39 is 16.1 Å². The van der Waals surface area contributed by atoms with Gasteiger partial charge in [0.15, 0.2) is 0 Å². The Morgan fingerprint density at radius 1 is 1.44 bits per heavy atom. The standard InChI is InChI=1S/C11H16FNO2S/c1-3-7-16(14,15)13-9(2)10-5-4-6-11(12)8-10/h4-6,8-9,13H,3,7H2,1-2H3/t9-/m1/s1. The molecule has 1 rings (SSSR count). The number of sulfonamides is 1. The quantitative estimate of drug-likeness (QED) is 0.864. The molecule has 0 radical (unpaired) electrons. The maximum atomic E-state index is 12.9. The average Bonchev–Trinajstić information content (AvgIpc) is 2.16. The molecule has 16 heavy (non-hydrogen) atoms. The first-order valence-electron chi connectivity index (χ1n) is 5.20. The summed E-state index contributed by atoms with van der Waals surface area (Å²) in [6, 6.07) is 5.51. The topological polar surface area (TPSA) is 46.2 Å². The van der Waals surface area contributed by atoms with Gasteiger partial charge in [0.05, 0.1) is 5.75 Å². The van der Waals surface area contributed by atoms with Crippen molar-refractivity contribution in [3.63, 3.8) is 0 Å². The fourth-order valence-electron chi connectivity index (χ4n) is 1.44. The fraction of sp³-hybridized carbons (Fsp3) is 0.455. The Morgan fingerprint density at radius 3 is 2.69 bits per heavy atom. The maximum absolute atomic E-state index is 12.9. The summed E-state index contributed by atoms with van der Waals surface area (Å²) in [7, 11) is -3.26. The molecule has 0 fully saturated rings. The van der Waals surface area contributed by atoms with Crippen LogP contribution in [0.25, 0.3) is 0 Å². The minimum absolute atomic E-state index is 0.0899. The van der Waals surface area contributed by atoms with Crippen molar-refractivity contribution in [3.8, 4) is 0 Å². The summed E-state index contributed by atoms with van der Waals surface area (Å²) >= 11 is 0. The van der Waals surface area contributed by atoms with Gasteiger partial charge in [-0.1, -0.05) is 19.1 Å². The van der Waals surface area contributed by atoms with Crippen LogP contribution >= 0.6 is 0 Å². The molecule has 0 aliphatic carbocycles. The molecule has 1 N–H and O–H groups in total. The minimum atomic E-state index is -3.26. The van der Waals surface area contributed by atoms with Gasteiger partial charge >= 0.3 is 0 Å². The third kappa shape index (κ3) is 3.90. The smallest absolute Gasteiger partial charge is 0.212 e. The van der Waals surface area contributed by atoms with Crippen LogP contribution in [-0.2, 0) is 10.0 Å². The Labute approximate surface area is 95.7 Å². The van der Waals surface area contributed by atoms with Gasteiger partial charge in [-0.15, -0.1) is 0 Å². The van der Waals surface area contributed by atoms with Crippen molar-refractivity contribution in [3.05, 3.63) is 35.6 Å². The van der Waals surface area contributed by atoms with Crippen LogP contribution in [0.1, 0.15) is 31.9 Å². The molecule has 0 unspecified atom stereocenters. The van der Waals surface area contributed by atoms with Crippen molar-refractivity contribution in [2.75, 3.05) is 5.75 Å². The highest BCUT2D eigenvalue weighted by Gasteiger charge is 2.14. The predicted molar refractivity (Wildman–Crippen MR) is 62.0 cm³/mol. The van der Waals surface area contributed by atoms with Gasteiger partial charge in [0.1, 0.15) is 5.82 Å². The van der Waals surface area contributed by atoms with Crippen molar-refractivity contribution in [2.45, 2.75) is 26.3 Å². The van der Waals surface area contributed by atoms with Gasteiger partial charge in [-0.05, 0) is 31.0 Å². The normalized spacial score (nSPS) is 13.7. The monoisotopic (exact) mass is 245 g/mol. The van der Waals surface area contributed by atoms with E-state index in [0.29, 0.717) is 12.0 Å². The molecule has 0 aliphatic heterocycles. The lowest BCUT2D eigenvalue weighted by atomic mass is 10.1. The lowest BCUT2D eigenvalue weighted by Crippen LogP contribution is -2.28. The van der Waals surface area contributed by atoms with E-state index in [9.17, 15) is 12.8 Å². The molecule has 3 nitrogen and oxygen atoms in total. The first kappa shape index (κ1) is 13.1. The molecule has 0 spiro atoms. The molecule has 0 aromatic heterocycles. The summed E-state index contributed by atoms with van der Waals surface area (Å²) in [6.07, 6.45) is 0.561. The number of halogens is 1. The van der Waals surface area contributed by atoms with E-state index >= 15 is 0 Å². The van der Waals surface area contributed by atoms with Crippen LogP contribution in [0.3, 0.4) is 0 Å². The van der Waals surface area contributed by atoms with E-state index in [1.165, 1.54) is 12.1 Å². The Morgan fingerprint density at radius 2 is 2.12 bits per heavy atom. The Bertz CT molecular complexity index is 445. The first-order chi connectivity index (χ1) is 7.44. The summed E-state index contributed by atoms with van der Waals surface area (Å²) in [4.78, 5) is 0. The van der Waals surface area contributed by atoms with Crippen LogP contribution in [0.2, 0.25) is 0 Å². The summed E-state index contributed by atoms with van der Waals surface area (Å²) in [6.45, 7) is 3.49. The summed E-state index contributed by atoms with van der Waals surface area (Å²) in [5.41, 5.74) is 0.625. The zero-order valence-electron chi connectivity index (χ0n) is 9.40. The fourth-order valence-corrected chi connectivity index (χ4v) is 2.77. The van der Waals surface area contributed by atoms with Crippen molar-refractivity contribution in [1.82, 2.24) is 4.72 Å². The van der Waals surface area contributed by atoms with Gasteiger partial charge in [0.25, 0.3) is 0 Å². The van der Waals surface area contributed by atoms with Gasteiger partial charge in [0.2, 0.25) is 10.0 Å². The summed E-state index contributed by atoms with van der Waals surface area (Å²) < 4.78 is 38.4. The van der Waals surface area contributed by atoms with Crippen molar-refractivity contribution in [2.24, 2.45) is 0 Å². The van der Waals surface area contributed by atoms with E-state index in [0.717, 1.165) is 0 Å². The van der Waals surface area contributed by atoms with Gasteiger partial charge in [-0.3, -0.25) is 0 Å². The molecule has 1 aromatic rings. The molecule has 5 heteroatoms. The SMILES string of the molecule is CCCS(=O)(=O)N[C@H](C)c1cccc(F)c1. The van der Waals surface area contributed by atoms with Gasteiger partial charge in [-0.2, -0.15) is 0 Å². The molecule has 0 amide bonds. The summed E-state index contributed by atoms with van der Waals surface area (Å²) in [5, 5.41) is 0. The van der Waals surface area contributed by atoms with E-state index in [2.05, 4.69) is 4.72 Å². The number of rotatable bonds is 5. The van der Waals surface area contributed by atoms with Crippen LogP contribution < -0.4 is 4.72 Å². The lowest BCUT2D eigenvalue weighted by molar-refractivity contribution is 0.563. The summed E-state index contributed by atoms with van der Waals surface area (Å²) in [5.74, 6) is -0.272. The van der Waals surface area contributed by atoms with E-state index in [1.54, 1.807) is 26.0 Å². The molecule has 0 heterocycles. The molecule has 1 aromatic carbocycles. The Kier molecular flexibility index (Phi) is 4.44. The van der Waals surface area contributed by atoms with Crippen molar-refractivity contribution >= 4 is 10.0 Å². The number of hydrogen-bond donors (Lipinski definition) is 1. The van der Waals surface area contributed by atoms with Gasteiger partial charge in [0, 0.05) is 6.04 Å². The first-order valence-corrected chi connectivity index (χ1v) is 6.85. The third-order valence-electron chi connectivity index (χ3n) is 2.18. The van der Waals surface area contributed by atoms with Crippen molar-refractivity contribution < 1.29 is 12.8 Å². The second kappa shape index (κ2) is 5.41. The van der Waals surface area contributed by atoms with Crippen LogP contribution in [0.15, 0.2) is 24.3 Å². The van der Waals surface area contributed by atoms with Crippen LogP contribution in [0.4, 0.5) is 4.39 Å². The highest BCUT2D eigenvalue weighted by Crippen LogP contribution is 2.14. The molecule has 90 valence electrons. The molecule has 0 aliphatic rings. The van der Waals surface area contributed by atoms with E-state index in [4.69, 9.17) is 0 Å². The van der Waals surface area contributed by atoms with E-state index in [-0.39, 0.29) is 11.6 Å². The number of benzene rings is 1. The number of nitrogens with one attached hydrogen (secondary N) is 1. The zero-order chi connectivity index (χ0) is 12.2. The molecule has 0 saturated carbocycles. The highest BCUT2D eigenvalue weighted by molar-refractivity contribution is 7.89. The molecular formula is C11H16FNO2S. The Hall–Kier alpha value is -0.940. The highest BCUT2D eigenvalue weighted by atomic mass is 32.2. The lowest BCUT2D eigenvalue weighted by Gasteiger charge is -2.14. The predicted octanol–water partition coefficient (Wildman–Crippen LogP) is 2.22. The van der Waals surface area contributed by atoms with Gasteiger partial charge in [-0.25, -0.2) is 17.5 Å². The molecule has 1 atom stereocenters. The second-order valence-electron chi connectivity index (χ2n) is 3.71. The van der Waals surface area contributed by atoms with E-state index in [1.807, 2.05) is 0 Å². The average molecular weight is 245 g/mol. The zero-order valence-corrected chi connectivity index (χ0v) is 10.2.